The van der Waals surface area contributed by atoms with E-state index in [1.165, 1.54) is 0 Å². The molecule has 0 aliphatic rings. The van der Waals surface area contributed by atoms with Gasteiger partial charge >= 0.3 is 10.4 Å². The average Bonchev–Trinajstić information content (AvgIpc) is 2.38. The molecular formula is C12H28O9S. The molecule has 9 nitrogen and oxygen atoms in total. The van der Waals surface area contributed by atoms with E-state index in [4.69, 9.17) is 41.6 Å². The quantitative estimate of drug-likeness (QED) is 0.312. The van der Waals surface area contributed by atoms with Gasteiger partial charge in [0.25, 0.3) is 0 Å². The summed E-state index contributed by atoms with van der Waals surface area (Å²) in [7, 11) is -4.67. The van der Waals surface area contributed by atoms with Crippen molar-refractivity contribution < 1.29 is 41.6 Å². The normalized spacial score (nSPS) is 11.4. The Bertz CT molecular complexity index is 298. The molecule has 0 atom stereocenters. The summed E-state index contributed by atoms with van der Waals surface area (Å²) in [6.07, 6.45) is 0. The van der Waals surface area contributed by atoms with Crippen LogP contribution in [0.1, 0.15) is 13.8 Å². The predicted molar refractivity (Wildman–Crippen MR) is 79.4 cm³/mol. The Balaban J connectivity index is 0. The third kappa shape index (κ3) is 36.7. The van der Waals surface area contributed by atoms with Gasteiger partial charge in [0, 0.05) is 6.61 Å². The lowest BCUT2D eigenvalue weighted by Crippen LogP contribution is -2.13. The molecular weight excluding hydrogens is 320 g/mol. The molecule has 0 spiro atoms. The van der Waals surface area contributed by atoms with Crippen LogP contribution in [0.4, 0.5) is 0 Å². The van der Waals surface area contributed by atoms with Crippen LogP contribution in [0, 0.1) is 5.92 Å². The minimum atomic E-state index is -4.67. The van der Waals surface area contributed by atoms with Crippen LogP contribution >= 0.6 is 0 Å². The average molecular weight is 348 g/mol. The Morgan fingerprint density at radius 2 is 1.09 bits per heavy atom. The first kappa shape index (κ1) is 23.9. The highest BCUT2D eigenvalue weighted by Crippen LogP contribution is 1.91. The molecule has 0 fully saturated rings. The maximum atomic E-state index is 8.74. The van der Waals surface area contributed by atoms with Gasteiger partial charge < -0.3 is 24.1 Å². The molecule has 22 heavy (non-hydrogen) atoms. The first-order valence-corrected chi connectivity index (χ1v) is 8.28. The van der Waals surface area contributed by atoms with Crippen LogP contribution in [0.25, 0.3) is 0 Å². The van der Waals surface area contributed by atoms with Crippen molar-refractivity contribution >= 4 is 10.4 Å². The molecule has 0 saturated heterocycles. The molecule has 0 aliphatic heterocycles. The van der Waals surface area contributed by atoms with E-state index >= 15 is 0 Å². The second kappa shape index (κ2) is 17.0. The Kier molecular flexibility index (Phi) is 18.5. The minimum absolute atomic E-state index is 0.0550. The third-order valence-electron chi connectivity index (χ3n) is 1.80. The van der Waals surface area contributed by atoms with Gasteiger partial charge in [-0.2, -0.15) is 8.42 Å². The monoisotopic (exact) mass is 348 g/mol. The van der Waals surface area contributed by atoms with Gasteiger partial charge in [0.2, 0.25) is 0 Å². The zero-order chi connectivity index (χ0) is 17.3. The topological polar surface area (TPSA) is 132 Å². The number of aliphatic hydroxyl groups is 1. The molecule has 3 N–H and O–H groups in total. The highest BCUT2D eigenvalue weighted by Gasteiger charge is 1.94. The molecule has 0 radical (unpaired) electrons. The SMILES string of the molecule is CC(C)COCCOCCOCCOCCO.O=S(=O)(O)O. The lowest BCUT2D eigenvalue weighted by molar-refractivity contribution is -0.00782. The van der Waals surface area contributed by atoms with Gasteiger partial charge in [-0.15, -0.1) is 0 Å². The lowest BCUT2D eigenvalue weighted by atomic mass is 10.2. The highest BCUT2D eigenvalue weighted by atomic mass is 32.3. The number of ether oxygens (including phenoxy) is 4. The van der Waals surface area contributed by atoms with Crippen LogP contribution in [0.15, 0.2) is 0 Å². The van der Waals surface area contributed by atoms with Gasteiger partial charge in [-0.05, 0) is 5.92 Å². The van der Waals surface area contributed by atoms with Gasteiger partial charge in [0.05, 0.1) is 52.9 Å². The largest absolute Gasteiger partial charge is 0.394 e. The molecule has 0 bridgehead atoms. The van der Waals surface area contributed by atoms with Crippen molar-refractivity contribution in [3.8, 4) is 0 Å². The van der Waals surface area contributed by atoms with Crippen LogP contribution in [0.3, 0.4) is 0 Å². The van der Waals surface area contributed by atoms with E-state index in [1.54, 1.807) is 0 Å². The molecule has 0 unspecified atom stereocenters. The first-order valence-electron chi connectivity index (χ1n) is 6.89. The number of rotatable bonds is 13. The molecule has 0 aromatic rings. The number of hydrogen-bond donors (Lipinski definition) is 3. The second-order valence-electron chi connectivity index (χ2n) is 4.48. The smallest absolute Gasteiger partial charge is 0.394 e. The molecule has 10 heteroatoms. The van der Waals surface area contributed by atoms with E-state index < -0.39 is 10.4 Å². The highest BCUT2D eigenvalue weighted by molar-refractivity contribution is 7.79. The van der Waals surface area contributed by atoms with Crippen molar-refractivity contribution in [1.82, 2.24) is 0 Å². The molecule has 136 valence electrons. The molecule has 0 aliphatic carbocycles. The summed E-state index contributed by atoms with van der Waals surface area (Å²) in [5, 5.41) is 8.45. The Morgan fingerprint density at radius 3 is 1.41 bits per heavy atom. The van der Waals surface area contributed by atoms with Crippen LogP contribution in [-0.2, 0) is 29.3 Å². The number of hydrogen-bond acceptors (Lipinski definition) is 7. The van der Waals surface area contributed by atoms with Gasteiger partial charge in [0.1, 0.15) is 0 Å². The summed E-state index contributed by atoms with van der Waals surface area (Å²) >= 11 is 0. The first-order chi connectivity index (χ1) is 10.3. The van der Waals surface area contributed by atoms with Crippen LogP contribution in [-0.4, -0.2) is 82.1 Å². The minimum Gasteiger partial charge on any atom is -0.394 e. The molecule has 0 aromatic heterocycles. The number of aliphatic hydroxyl groups excluding tert-OH is 1. The van der Waals surface area contributed by atoms with Crippen LogP contribution < -0.4 is 0 Å². The van der Waals surface area contributed by atoms with Gasteiger partial charge in [-0.1, -0.05) is 13.8 Å². The molecule has 0 aromatic carbocycles. The van der Waals surface area contributed by atoms with Crippen molar-refractivity contribution in [2.24, 2.45) is 5.92 Å². The molecule has 0 rings (SSSR count). The fourth-order valence-corrected chi connectivity index (χ4v) is 1.04. The summed E-state index contributed by atoms with van der Waals surface area (Å²) in [6.45, 7) is 8.87. The van der Waals surface area contributed by atoms with Crippen LogP contribution in [0.5, 0.6) is 0 Å². The van der Waals surface area contributed by atoms with Gasteiger partial charge in [-0.25, -0.2) is 0 Å². The fourth-order valence-electron chi connectivity index (χ4n) is 1.04. The Labute approximate surface area is 132 Å². The summed E-state index contributed by atoms with van der Waals surface area (Å²) in [4.78, 5) is 0. The Hall–Kier alpha value is -0.330. The molecule has 0 heterocycles. The second-order valence-corrected chi connectivity index (χ2v) is 5.37. The maximum absolute atomic E-state index is 8.74. The van der Waals surface area contributed by atoms with E-state index in [0.29, 0.717) is 52.2 Å². The lowest BCUT2D eigenvalue weighted by Gasteiger charge is -2.08. The van der Waals surface area contributed by atoms with Gasteiger partial charge in [0.15, 0.2) is 0 Å². The summed E-state index contributed by atoms with van der Waals surface area (Å²) in [5.41, 5.74) is 0. The van der Waals surface area contributed by atoms with E-state index in [-0.39, 0.29) is 6.61 Å². The molecule has 0 amide bonds. The van der Waals surface area contributed by atoms with Crippen molar-refractivity contribution in [3.63, 3.8) is 0 Å². The zero-order valence-electron chi connectivity index (χ0n) is 13.1. The van der Waals surface area contributed by atoms with Crippen LogP contribution in [0.2, 0.25) is 0 Å². The van der Waals surface area contributed by atoms with E-state index in [9.17, 15) is 0 Å². The van der Waals surface area contributed by atoms with E-state index in [2.05, 4.69) is 13.8 Å². The van der Waals surface area contributed by atoms with Crippen molar-refractivity contribution in [1.29, 1.82) is 0 Å². The maximum Gasteiger partial charge on any atom is 0.394 e. The third-order valence-corrected chi connectivity index (χ3v) is 1.80. The van der Waals surface area contributed by atoms with E-state index in [1.807, 2.05) is 0 Å². The van der Waals surface area contributed by atoms with Crippen molar-refractivity contribution in [3.05, 3.63) is 0 Å². The standard InChI is InChI=1S/C12H26O5.H2O4S/c1-12(2)11-17-10-9-16-8-7-15-6-5-14-4-3-13;1-5(2,3)4/h12-13H,3-11H2,1-2H3;(H2,1,2,3,4). The zero-order valence-corrected chi connectivity index (χ0v) is 14.0. The summed E-state index contributed by atoms with van der Waals surface area (Å²) < 4.78 is 52.5. The molecule has 0 saturated carbocycles. The Morgan fingerprint density at radius 1 is 0.773 bits per heavy atom. The predicted octanol–water partition coefficient (Wildman–Crippen LogP) is 0.0483. The summed E-state index contributed by atoms with van der Waals surface area (Å²) in [5.74, 6) is 0.567. The fraction of sp³-hybridized carbons (Fsp3) is 1.00. The van der Waals surface area contributed by atoms with E-state index in [0.717, 1.165) is 6.61 Å². The van der Waals surface area contributed by atoms with Crippen molar-refractivity contribution in [2.45, 2.75) is 13.8 Å². The summed E-state index contributed by atoms with van der Waals surface area (Å²) in [6, 6.07) is 0. The van der Waals surface area contributed by atoms with Crippen molar-refractivity contribution in [2.75, 3.05) is 59.5 Å². The van der Waals surface area contributed by atoms with Gasteiger partial charge in [-0.3, -0.25) is 9.11 Å².